The molecule has 13 heteroatoms. The maximum atomic E-state index is 5.95. The number of hydrogen-bond donors (Lipinski definition) is 3. The number of nitrogen functional groups attached to an aromatic ring is 3. The minimum absolute atomic E-state index is 0.385. The summed E-state index contributed by atoms with van der Waals surface area (Å²) in [6.07, 6.45) is 4.85. The van der Waals surface area contributed by atoms with Gasteiger partial charge in [-0.1, -0.05) is 0 Å². The fourth-order valence-corrected chi connectivity index (χ4v) is 3.31. The van der Waals surface area contributed by atoms with Gasteiger partial charge in [0, 0.05) is 42.3 Å². The van der Waals surface area contributed by atoms with Crippen LogP contribution in [0.1, 0.15) is 27.7 Å². The largest absolute Gasteiger partial charge is 0.500 e. The van der Waals surface area contributed by atoms with E-state index in [-0.39, 0.29) is 11.2 Å². The molecule has 4 rings (SSSR count). The van der Waals surface area contributed by atoms with Crippen molar-refractivity contribution in [2.75, 3.05) is 38.5 Å². The Morgan fingerprint density at radius 3 is 1.73 bits per heavy atom. The number of ether oxygens (including phenoxy) is 3. The monoisotopic (exact) mass is 576 g/mol. The lowest BCUT2D eigenvalue weighted by Crippen LogP contribution is -2.41. The van der Waals surface area contributed by atoms with Crippen LogP contribution in [0.15, 0.2) is 47.3 Å². The summed E-state index contributed by atoms with van der Waals surface area (Å²) in [4.78, 5) is 11.7. The summed E-state index contributed by atoms with van der Waals surface area (Å²) in [7, 11) is 4.27. The Balaban J connectivity index is 0.000000214. The molecule has 11 nitrogen and oxygen atoms in total. The Morgan fingerprint density at radius 2 is 1.27 bits per heavy atom. The molecule has 1 saturated heterocycles. The zero-order valence-corrected chi connectivity index (χ0v) is 23.7. The van der Waals surface area contributed by atoms with Gasteiger partial charge < -0.3 is 40.7 Å². The molecule has 4 heterocycles. The fourth-order valence-electron chi connectivity index (χ4n) is 2.93. The third kappa shape index (κ3) is 8.10. The van der Waals surface area contributed by atoms with Gasteiger partial charge in [-0.25, -0.2) is 15.0 Å². The number of nitrogens with two attached hydrogens (primary N) is 3. The van der Waals surface area contributed by atoms with Gasteiger partial charge in [-0.2, -0.15) is 0 Å². The Bertz CT molecular complexity index is 1170. The van der Waals surface area contributed by atoms with Gasteiger partial charge in [-0.3, -0.25) is 0 Å². The second kappa shape index (κ2) is 12.8. The highest BCUT2D eigenvalue weighted by Crippen LogP contribution is 2.37. The number of methoxy groups -OCH3 is 3. The molecule has 3 aromatic rings. The van der Waals surface area contributed by atoms with Crippen molar-refractivity contribution >= 4 is 46.0 Å². The van der Waals surface area contributed by atoms with Crippen LogP contribution in [-0.2, 0) is 9.31 Å². The van der Waals surface area contributed by atoms with Crippen molar-refractivity contribution in [2.24, 2.45) is 0 Å². The zero-order valence-electron chi connectivity index (χ0n) is 22.1. The maximum Gasteiger partial charge on any atom is 0.500 e. The van der Waals surface area contributed by atoms with E-state index >= 15 is 0 Å². The molecule has 0 unspecified atom stereocenters. The summed E-state index contributed by atoms with van der Waals surface area (Å²) in [5.41, 5.74) is 16.4. The zero-order chi connectivity index (χ0) is 27.8. The number of anilines is 3. The maximum absolute atomic E-state index is 5.95. The molecule has 0 radical (unpaired) electrons. The molecule has 0 amide bonds. The summed E-state index contributed by atoms with van der Waals surface area (Å²) >= 11 is 3.25. The third-order valence-electron chi connectivity index (χ3n) is 5.69. The van der Waals surface area contributed by atoms with Crippen molar-refractivity contribution in [3.05, 3.63) is 47.3 Å². The Hall–Kier alpha value is -3.29. The molecule has 0 spiro atoms. The van der Waals surface area contributed by atoms with Crippen molar-refractivity contribution in [1.82, 2.24) is 15.0 Å². The molecule has 200 valence electrons. The average Bonchev–Trinajstić information content (AvgIpc) is 3.07. The summed E-state index contributed by atoms with van der Waals surface area (Å²) in [6, 6.07) is 6.74. The van der Waals surface area contributed by atoms with Gasteiger partial charge in [0.15, 0.2) is 0 Å². The molecule has 6 N–H and O–H groups in total. The van der Waals surface area contributed by atoms with Gasteiger partial charge in [-0.05, 0) is 49.7 Å². The van der Waals surface area contributed by atoms with Crippen LogP contribution in [0.3, 0.4) is 0 Å². The Labute approximate surface area is 226 Å². The van der Waals surface area contributed by atoms with Gasteiger partial charge in [0.05, 0.1) is 37.0 Å². The van der Waals surface area contributed by atoms with Crippen LogP contribution in [0.25, 0.3) is 0 Å². The fraction of sp³-hybridized carbons (Fsp3) is 0.375. The Kier molecular flexibility index (Phi) is 10.4. The first-order valence-corrected chi connectivity index (χ1v) is 12.0. The highest BCUT2D eigenvalue weighted by atomic mass is 79.9. The summed E-state index contributed by atoms with van der Waals surface area (Å²) in [5.74, 6) is 3.41. The van der Waals surface area contributed by atoms with Gasteiger partial charge in [-0.15, -0.1) is 0 Å². The van der Waals surface area contributed by atoms with E-state index in [0.29, 0.717) is 29.0 Å². The highest BCUT2D eigenvalue weighted by molar-refractivity contribution is 9.10. The molecule has 3 aromatic heterocycles. The van der Waals surface area contributed by atoms with Crippen molar-refractivity contribution in [3.8, 4) is 17.2 Å². The van der Waals surface area contributed by atoms with Crippen LogP contribution in [0.2, 0.25) is 0 Å². The predicted molar refractivity (Wildman–Crippen MR) is 149 cm³/mol. The molecule has 0 atom stereocenters. The minimum Gasteiger partial charge on any atom is -0.497 e. The third-order valence-corrected chi connectivity index (χ3v) is 6.29. The topological polar surface area (TPSA) is 163 Å². The molecule has 1 aliphatic heterocycles. The molecular weight excluding hydrogens is 543 g/mol. The normalized spacial score (nSPS) is 15.0. The van der Waals surface area contributed by atoms with Crippen molar-refractivity contribution in [3.63, 3.8) is 0 Å². The predicted octanol–water partition coefficient (Wildman–Crippen LogP) is 3.08. The quantitative estimate of drug-likeness (QED) is 0.391. The summed E-state index contributed by atoms with van der Waals surface area (Å²) < 4.78 is 27.8. The molecule has 1 aliphatic rings. The van der Waals surface area contributed by atoms with Crippen molar-refractivity contribution < 1.29 is 23.5 Å². The van der Waals surface area contributed by atoms with Crippen LogP contribution in [-0.4, -0.2) is 54.6 Å². The lowest BCUT2D eigenvalue weighted by molar-refractivity contribution is 0.00578. The number of nitrogens with zero attached hydrogens (tertiary/aromatic N) is 3. The van der Waals surface area contributed by atoms with E-state index in [1.54, 1.807) is 64.2 Å². The van der Waals surface area contributed by atoms with Crippen molar-refractivity contribution in [2.45, 2.75) is 38.9 Å². The molecule has 37 heavy (non-hydrogen) atoms. The molecule has 0 aromatic carbocycles. The molecule has 0 aliphatic carbocycles. The summed E-state index contributed by atoms with van der Waals surface area (Å²) in [5, 5.41) is 0. The van der Waals surface area contributed by atoms with Crippen LogP contribution >= 0.6 is 15.9 Å². The van der Waals surface area contributed by atoms with E-state index in [0.717, 1.165) is 15.7 Å². The van der Waals surface area contributed by atoms with E-state index in [9.17, 15) is 0 Å². The minimum atomic E-state index is -0.488. The van der Waals surface area contributed by atoms with Gasteiger partial charge in [0.25, 0.3) is 0 Å². The number of aromatic nitrogens is 3. The Morgan fingerprint density at radius 1 is 0.757 bits per heavy atom. The lowest BCUT2D eigenvalue weighted by Gasteiger charge is -2.32. The van der Waals surface area contributed by atoms with E-state index in [4.69, 9.17) is 40.7 Å². The van der Waals surface area contributed by atoms with Crippen LogP contribution in [0, 0.1) is 0 Å². The number of halogens is 1. The number of rotatable bonds is 4. The number of pyridine rings is 3. The van der Waals surface area contributed by atoms with Gasteiger partial charge in [0.1, 0.15) is 34.7 Å². The average molecular weight is 577 g/mol. The van der Waals surface area contributed by atoms with Crippen LogP contribution in [0.4, 0.5) is 17.5 Å². The second-order valence-electron chi connectivity index (χ2n) is 8.80. The molecule has 1 fully saturated rings. The highest BCUT2D eigenvalue weighted by Gasteiger charge is 2.52. The van der Waals surface area contributed by atoms with E-state index < -0.39 is 7.12 Å². The standard InChI is InChI=1S/C12H19BN2O3.C6H7BrN2O.C6H8N2O/c1-11(2)12(3,4)18-13(17-11)8-7-15-10(14)6-9(8)16-5;1-10-5-2-6(8)9-3-4(5)7;1-9-5-2-3-8-6(7)4-5/h6-7H,1-5H3,(H2,14,15);2-3H,1H3,(H2,8,9);2-4H,1H3,(H2,7,8). The molecular formula is C24H34BBrN6O5. The van der Waals surface area contributed by atoms with Crippen LogP contribution in [0.5, 0.6) is 17.2 Å². The SMILES string of the molecule is COc1cc(N)ncc1B1OC(C)(C)C(C)(C)O1.COc1cc(N)ncc1Br.COc1ccnc(N)c1. The van der Waals surface area contributed by atoms with Crippen molar-refractivity contribution in [1.29, 1.82) is 0 Å². The smallest absolute Gasteiger partial charge is 0.497 e. The second-order valence-corrected chi connectivity index (χ2v) is 9.66. The molecule has 0 bridgehead atoms. The first-order valence-electron chi connectivity index (χ1n) is 11.2. The summed E-state index contributed by atoms with van der Waals surface area (Å²) in [6.45, 7) is 8.02. The van der Waals surface area contributed by atoms with E-state index in [1.807, 2.05) is 27.7 Å². The van der Waals surface area contributed by atoms with Crippen LogP contribution < -0.4 is 36.9 Å². The molecule has 0 saturated carbocycles. The van der Waals surface area contributed by atoms with Gasteiger partial charge in [0.2, 0.25) is 0 Å². The first kappa shape index (κ1) is 29.9. The van der Waals surface area contributed by atoms with E-state index in [1.165, 1.54) is 0 Å². The van der Waals surface area contributed by atoms with E-state index in [2.05, 4.69) is 30.9 Å². The first-order chi connectivity index (χ1) is 17.3. The number of hydrogen-bond acceptors (Lipinski definition) is 11. The van der Waals surface area contributed by atoms with Gasteiger partial charge >= 0.3 is 7.12 Å². The lowest BCUT2D eigenvalue weighted by atomic mass is 9.79.